The number of rotatable bonds is 3. The van der Waals surface area contributed by atoms with Crippen LogP contribution in [0, 0.1) is 0 Å². The Morgan fingerprint density at radius 2 is 2.06 bits per heavy atom. The van der Waals surface area contributed by atoms with Crippen molar-refractivity contribution in [1.82, 2.24) is 4.90 Å². The molecule has 0 saturated carbocycles. The quantitative estimate of drug-likeness (QED) is 0.673. The summed E-state index contributed by atoms with van der Waals surface area (Å²) in [6, 6.07) is 10.1. The molecule has 3 nitrogen and oxygen atoms in total. The molecule has 1 heterocycles. The summed E-state index contributed by atoms with van der Waals surface area (Å²) in [6.45, 7) is 4.80. The summed E-state index contributed by atoms with van der Waals surface area (Å²) >= 11 is 5.22. The molecule has 0 spiro atoms. The lowest BCUT2D eigenvalue weighted by atomic mass is 10.2. The van der Waals surface area contributed by atoms with Crippen molar-refractivity contribution in [2.75, 3.05) is 0 Å². The maximum Gasteiger partial charge on any atom is 0.366 e. The van der Waals surface area contributed by atoms with Crippen molar-refractivity contribution < 1.29 is 9.53 Å². The molecular formula is C13H15NO2S2. The predicted molar refractivity (Wildman–Crippen MR) is 77.2 cm³/mol. The van der Waals surface area contributed by atoms with Gasteiger partial charge in [0.25, 0.3) is 0 Å². The average molecular weight is 281 g/mol. The number of hydrogen-bond donors (Lipinski definition) is 1. The zero-order valence-electron chi connectivity index (χ0n) is 10.3. The van der Waals surface area contributed by atoms with E-state index in [1.807, 2.05) is 32.0 Å². The monoisotopic (exact) mass is 281 g/mol. The molecule has 1 aromatic rings. The second kappa shape index (κ2) is 5.71. The zero-order valence-corrected chi connectivity index (χ0v) is 12.0. The van der Waals surface area contributed by atoms with Crippen molar-refractivity contribution in [1.29, 1.82) is 0 Å². The third-order valence-corrected chi connectivity index (χ3v) is 4.18. The second-order valence-corrected chi connectivity index (χ2v) is 5.68. The lowest BCUT2D eigenvalue weighted by Crippen LogP contribution is -2.30. The smallest absolute Gasteiger partial charge is 0.366 e. The summed E-state index contributed by atoms with van der Waals surface area (Å²) < 4.78 is 5.21. The molecule has 1 atom stereocenters. The number of benzene rings is 1. The van der Waals surface area contributed by atoms with Crippen LogP contribution in [-0.4, -0.2) is 15.8 Å². The Labute approximate surface area is 117 Å². The summed E-state index contributed by atoms with van der Waals surface area (Å²) in [7, 11) is 0. The van der Waals surface area contributed by atoms with E-state index < -0.39 is 5.30 Å². The lowest BCUT2D eigenvalue weighted by molar-refractivity contribution is 0.0822. The molecule has 1 aliphatic heterocycles. The molecule has 96 valence electrons. The molecule has 0 fully saturated rings. The van der Waals surface area contributed by atoms with Gasteiger partial charge in [-0.05, 0) is 19.4 Å². The third-order valence-electron chi connectivity index (χ3n) is 2.87. The Bertz CT molecular complexity index is 473. The minimum atomic E-state index is -0.548. The van der Waals surface area contributed by atoms with Crippen LogP contribution in [0.4, 0.5) is 4.79 Å². The van der Waals surface area contributed by atoms with E-state index in [2.05, 4.69) is 29.7 Å². The van der Waals surface area contributed by atoms with Crippen molar-refractivity contribution in [2.24, 2.45) is 0 Å². The number of ether oxygens (including phenoxy) is 1. The van der Waals surface area contributed by atoms with Gasteiger partial charge in [0, 0.05) is 17.1 Å². The van der Waals surface area contributed by atoms with E-state index in [9.17, 15) is 4.79 Å². The van der Waals surface area contributed by atoms with Gasteiger partial charge in [0.05, 0.1) is 0 Å². The summed E-state index contributed by atoms with van der Waals surface area (Å²) in [5.74, 6) is 0. The van der Waals surface area contributed by atoms with Gasteiger partial charge in [0.15, 0.2) is 0 Å². The highest BCUT2D eigenvalue weighted by molar-refractivity contribution is 8.03. The molecular weight excluding hydrogens is 266 g/mol. The molecule has 1 aromatic carbocycles. The van der Waals surface area contributed by atoms with Crippen molar-refractivity contribution >= 4 is 29.7 Å². The maximum atomic E-state index is 11.0. The maximum absolute atomic E-state index is 11.0. The molecule has 0 aliphatic carbocycles. The van der Waals surface area contributed by atoms with Crippen molar-refractivity contribution in [3.63, 3.8) is 0 Å². The fourth-order valence-corrected chi connectivity index (χ4v) is 3.06. The zero-order chi connectivity index (χ0) is 13.1. The van der Waals surface area contributed by atoms with Gasteiger partial charge in [-0.25, -0.2) is 4.79 Å². The van der Waals surface area contributed by atoms with Gasteiger partial charge in [-0.3, -0.25) is 0 Å². The van der Waals surface area contributed by atoms with Gasteiger partial charge in [0.2, 0.25) is 5.56 Å². The molecule has 1 unspecified atom stereocenters. The summed E-state index contributed by atoms with van der Waals surface area (Å²) in [5.41, 5.74) is 2.02. The Kier molecular flexibility index (Phi) is 4.24. The number of thiol groups is 1. The highest BCUT2D eigenvalue weighted by Crippen LogP contribution is 2.39. The fourth-order valence-electron chi connectivity index (χ4n) is 1.81. The number of hydrogen-bond acceptors (Lipinski definition) is 4. The third kappa shape index (κ3) is 3.03. The number of thioether (sulfide) groups is 1. The average Bonchev–Trinajstić information content (AvgIpc) is 2.58. The Morgan fingerprint density at radius 1 is 1.39 bits per heavy atom. The van der Waals surface area contributed by atoms with E-state index in [0.717, 1.165) is 12.2 Å². The number of nitrogens with zero attached hydrogens (tertiary/aromatic N) is 1. The Morgan fingerprint density at radius 3 is 2.67 bits per heavy atom. The molecule has 1 aliphatic rings. The van der Waals surface area contributed by atoms with Gasteiger partial charge in [-0.1, -0.05) is 54.7 Å². The van der Waals surface area contributed by atoms with E-state index in [0.29, 0.717) is 0 Å². The van der Waals surface area contributed by atoms with E-state index in [1.54, 1.807) is 11.8 Å². The SMILES string of the molecule is CC1=C(C)N(Cc2ccccc2)C(OC(=O)S)S1. The summed E-state index contributed by atoms with van der Waals surface area (Å²) in [4.78, 5) is 14.2. The first-order chi connectivity index (χ1) is 8.58. The Balaban J connectivity index is 2.14. The number of carbonyl (C=O) groups excluding carboxylic acids is 1. The van der Waals surface area contributed by atoms with Crippen LogP contribution in [-0.2, 0) is 11.3 Å². The summed E-state index contributed by atoms with van der Waals surface area (Å²) in [6.07, 6.45) is 0. The molecule has 0 saturated heterocycles. The fraction of sp³-hybridized carbons (Fsp3) is 0.308. The largest absolute Gasteiger partial charge is 0.424 e. The van der Waals surface area contributed by atoms with Crippen LogP contribution in [0.2, 0.25) is 0 Å². The molecule has 18 heavy (non-hydrogen) atoms. The van der Waals surface area contributed by atoms with Gasteiger partial charge in [-0.15, -0.1) is 0 Å². The van der Waals surface area contributed by atoms with Crippen LogP contribution in [0.5, 0.6) is 0 Å². The first-order valence-electron chi connectivity index (χ1n) is 5.62. The minimum absolute atomic E-state index is 0.310. The van der Waals surface area contributed by atoms with Crippen LogP contribution >= 0.6 is 24.4 Å². The standard InChI is InChI=1S/C13H15NO2S2/c1-9-10(2)18-12(16-13(15)17)14(9)8-11-6-4-3-5-7-11/h3-7,12H,8H2,1-2H3,(H,15,17). The van der Waals surface area contributed by atoms with Gasteiger partial charge in [0.1, 0.15) is 0 Å². The molecule has 5 heteroatoms. The molecule has 0 aromatic heterocycles. The Hall–Kier alpha value is -1.07. The summed E-state index contributed by atoms with van der Waals surface area (Å²) in [5, 5.41) is -0.548. The van der Waals surface area contributed by atoms with Gasteiger partial charge in [-0.2, -0.15) is 0 Å². The van der Waals surface area contributed by atoms with E-state index in [1.165, 1.54) is 10.5 Å². The van der Waals surface area contributed by atoms with E-state index in [-0.39, 0.29) is 5.56 Å². The molecule has 0 radical (unpaired) electrons. The normalized spacial score (nSPS) is 19.3. The van der Waals surface area contributed by atoms with Crippen molar-refractivity contribution in [2.45, 2.75) is 26.0 Å². The molecule has 0 bridgehead atoms. The molecule has 2 rings (SSSR count). The molecule has 0 N–H and O–H groups in total. The minimum Gasteiger partial charge on any atom is -0.424 e. The van der Waals surface area contributed by atoms with Crippen molar-refractivity contribution in [3.8, 4) is 0 Å². The van der Waals surface area contributed by atoms with Crippen LogP contribution in [0.1, 0.15) is 19.4 Å². The number of carbonyl (C=O) groups is 1. The van der Waals surface area contributed by atoms with Crippen LogP contribution in [0.15, 0.2) is 40.9 Å². The van der Waals surface area contributed by atoms with Crippen LogP contribution in [0.3, 0.4) is 0 Å². The topological polar surface area (TPSA) is 29.5 Å². The first-order valence-corrected chi connectivity index (χ1v) is 6.95. The van der Waals surface area contributed by atoms with Crippen LogP contribution in [0.25, 0.3) is 0 Å². The molecule has 0 amide bonds. The van der Waals surface area contributed by atoms with E-state index in [4.69, 9.17) is 4.74 Å². The first kappa shape index (κ1) is 13.4. The predicted octanol–water partition coefficient (Wildman–Crippen LogP) is 3.84. The highest BCUT2D eigenvalue weighted by atomic mass is 32.2. The lowest BCUT2D eigenvalue weighted by Gasteiger charge is -2.26. The van der Waals surface area contributed by atoms with Crippen molar-refractivity contribution in [3.05, 3.63) is 46.5 Å². The highest BCUT2D eigenvalue weighted by Gasteiger charge is 2.30. The van der Waals surface area contributed by atoms with Crippen LogP contribution < -0.4 is 0 Å². The number of allylic oxidation sites excluding steroid dienone is 2. The second-order valence-electron chi connectivity index (χ2n) is 4.06. The van der Waals surface area contributed by atoms with E-state index >= 15 is 0 Å². The van der Waals surface area contributed by atoms with Gasteiger partial charge >= 0.3 is 5.30 Å². The van der Waals surface area contributed by atoms with Gasteiger partial charge < -0.3 is 9.64 Å².